The lowest BCUT2D eigenvalue weighted by atomic mass is 10.2. The molecule has 0 aliphatic carbocycles. The molecule has 0 saturated heterocycles. The van der Waals surface area contributed by atoms with Crippen LogP contribution in [0.15, 0.2) is 41.8 Å². The molecule has 3 rings (SSSR count). The van der Waals surface area contributed by atoms with Crippen LogP contribution in [0.2, 0.25) is 5.02 Å². The summed E-state index contributed by atoms with van der Waals surface area (Å²) in [6.07, 6.45) is 1.07. The van der Waals surface area contributed by atoms with Crippen LogP contribution in [-0.2, 0) is 6.54 Å². The van der Waals surface area contributed by atoms with E-state index in [0.717, 1.165) is 34.6 Å². The molecule has 1 unspecified atom stereocenters. The molecule has 2 aromatic heterocycles. The fraction of sp³-hybridized carbons (Fsp3) is 0.250. The maximum absolute atomic E-state index is 6.44. The first-order chi connectivity index (χ1) is 9.79. The number of halogens is 1. The fourth-order valence-electron chi connectivity index (χ4n) is 2.45. The monoisotopic (exact) mass is 304 g/mol. The summed E-state index contributed by atoms with van der Waals surface area (Å²) in [5.74, 6) is 0. The molecule has 0 radical (unpaired) electrons. The van der Waals surface area contributed by atoms with Gasteiger partial charge in [-0.05, 0) is 23.9 Å². The SMILES string of the molecule is CCC(NCc1[nH]c2ccccc2c1Cl)c1cccs1. The molecule has 0 bridgehead atoms. The van der Waals surface area contributed by atoms with E-state index in [1.165, 1.54) is 4.88 Å². The van der Waals surface area contributed by atoms with Crippen LogP contribution in [0.1, 0.15) is 30.0 Å². The lowest BCUT2D eigenvalue weighted by Gasteiger charge is -2.15. The Labute approximate surface area is 127 Å². The second-order valence-corrected chi connectivity index (χ2v) is 6.18. The third kappa shape index (κ3) is 2.62. The zero-order valence-corrected chi connectivity index (χ0v) is 12.9. The summed E-state index contributed by atoms with van der Waals surface area (Å²) in [7, 11) is 0. The minimum Gasteiger partial charge on any atom is -0.356 e. The molecule has 0 saturated carbocycles. The van der Waals surface area contributed by atoms with Gasteiger partial charge in [0.1, 0.15) is 0 Å². The number of benzene rings is 1. The van der Waals surface area contributed by atoms with Gasteiger partial charge in [0.25, 0.3) is 0 Å². The molecule has 0 spiro atoms. The molecule has 1 aromatic carbocycles. The lowest BCUT2D eigenvalue weighted by Crippen LogP contribution is -2.19. The first kappa shape index (κ1) is 13.7. The first-order valence-corrected chi connectivity index (χ1v) is 8.07. The van der Waals surface area contributed by atoms with Crippen molar-refractivity contribution in [3.63, 3.8) is 0 Å². The number of fused-ring (bicyclic) bond motifs is 1. The average molecular weight is 305 g/mol. The van der Waals surface area contributed by atoms with Crippen molar-refractivity contribution < 1.29 is 0 Å². The van der Waals surface area contributed by atoms with Gasteiger partial charge in [-0.15, -0.1) is 11.3 Å². The van der Waals surface area contributed by atoms with Gasteiger partial charge in [0, 0.05) is 34.1 Å². The summed E-state index contributed by atoms with van der Waals surface area (Å²) in [6.45, 7) is 2.95. The molecule has 2 heterocycles. The number of thiophene rings is 1. The normalized spacial score (nSPS) is 12.9. The van der Waals surface area contributed by atoms with Gasteiger partial charge in [-0.3, -0.25) is 0 Å². The van der Waals surface area contributed by atoms with E-state index in [4.69, 9.17) is 11.6 Å². The predicted molar refractivity (Wildman–Crippen MR) is 87.5 cm³/mol. The molecule has 104 valence electrons. The zero-order valence-electron chi connectivity index (χ0n) is 11.3. The second-order valence-electron chi connectivity index (χ2n) is 4.82. The maximum atomic E-state index is 6.44. The summed E-state index contributed by atoms with van der Waals surface area (Å²) >= 11 is 8.23. The Morgan fingerprint density at radius 2 is 2.10 bits per heavy atom. The average Bonchev–Trinajstić information content (AvgIpc) is 3.10. The second kappa shape index (κ2) is 6.00. The van der Waals surface area contributed by atoms with Crippen LogP contribution >= 0.6 is 22.9 Å². The van der Waals surface area contributed by atoms with Crippen LogP contribution in [0.4, 0.5) is 0 Å². The molecular formula is C16H17ClN2S. The Morgan fingerprint density at radius 3 is 2.80 bits per heavy atom. The number of nitrogens with one attached hydrogen (secondary N) is 2. The van der Waals surface area contributed by atoms with Crippen molar-refractivity contribution >= 4 is 33.8 Å². The standard InChI is InChI=1S/C16H17ClN2S/c1-2-12(15-8-5-9-20-15)18-10-14-16(17)11-6-3-4-7-13(11)19-14/h3-9,12,18-19H,2,10H2,1H3. The number of H-pyrrole nitrogens is 1. The Kier molecular flexibility index (Phi) is 4.10. The Hall–Kier alpha value is -1.29. The topological polar surface area (TPSA) is 27.8 Å². The summed E-state index contributed by atoms with van der Waals surface area (Å²) in [6, 6.07) is 12.8. The zero-order chi connectivity index (χ0) is 13.9. The van der Waals surface area contributed by atoms with E-state index in [1.807, 2.05) is 18.2 Å². The number of aromatic amines is 1. The van der Waals surface area contributed by atoms with Crippen molar-refractivity contribution in [1.82, 2.24) is 10.3 Å². The van der Waals surface area contributed by atoms with Gasteiger partial charge >= 0.3 is 0 Å². The van der Waals surface area contributed by atoms with Gasteiger partial charge in [-0.2, -0.15) is 0 Å². The number of para-hydroxylation sites is 1. The highest BCUT2D eigenvalue weighted by Crippen LogP contribution is 2.28. The smallest absolute Gasteiger partial charge is 0.0705 e. The minimum absolute atomic E-state index is 0.387. The van der Waals surface area contributed by atoms with Crippen molar-refractivity contribution in [2.24, 2.45) is 0 Å². The third-order valence-electron chi connectivity index (χ3n) is 3.53. The summed E-state index contributed by atoms with van der Waals surface area (Å²) < 4.78 is 0. The lowest BCUT2D eigenvalue weighted by molar-refractivity contribution is 0.523. The first-order valence-electron chi connectivity index (χ1n) is 6.81. The van der Waals surface area contributed by atoms with Crippen LogP contribution in [-0.4, -0.2) is 4.98 Å². The van der Waals surface area contributed by atoms with E-state index >= 15 is 0 Å². The Bertz CT molecular complexity index is 688. The third-order valence-corrected chi connectivity index (χ3v) is 4.95. The highest BCUT2D eigenvalue weighted by atomic mass is 35.5. The van der Waals surface area contributed by atoms with Gasteiger partial charge in [-0.1, -0.05) is 42.8 Å². The van der Waals surface area contributed by atoms with E-state index in [0.29, 0.717) is 6.04 Å². The van der Waals surface area contributed by atoms with Crippen LogP contribution < -0.4 is 5.32 Å². The summed E-state index contributed by atoms with van der Waals surface area (Å²) in [4.78, 5) is 4.77. The molecule has 0 fully saturated rings. The quantitative estimate of drug-likeness (QED) is 0.672. The molecule has 0 aliphatic rings. The number of hydrogen-bond acceptors (Lipinski definition) is 2. The molecule has 0 aliphatic heterocycles. The largest absolute Gasteiger partial charge is 0.356 e. The van der Waals surface area contributed by atoms with Crippen molar-refractivity contribution in [3.05, 3.63) is 57.4 Å². The van der Waals surface area contributed by atoms with Crippen LogP contribution in [0.25, 0.3) is 10.9 Å². The van der Waals surface area contributed by atoms with Crippen molar-refractivity contribution in [3.8, 4) is 0 Å². The molecule has 4 heteroatoms. The van der Waals surface area contributed by atoms with Gasteiger partial charge in [-0.25, -0.2) is 0 Å². The molecule has 20 heavy (non-hydrogen) atoms. The van der Waals surface area contributed by atoms with Crippen molar-refractivity contribution in [2.45, 2.75) is 25.9 Å². The number of rotatable bonds is 5. The highest BCUT2D eigenvalue weighted by Gasteiger charge is 2.13. The Morgan fingerprint density at radius 1 is 1.25 bits per heavy atom. The maximum Gasteiger partial charge on any atom is 0.0705 e. The van der Waals surface area contributed by atoms with Crippen LogP contribution in [0.5, 0.6) is 0 Å². The molecular weight excluding hydrogens is 288 g/mol. The highest BCUT2D eigenvalue weighted by molar-refractivity contribution is 7.10. The molecule has 0 amide bonds. The van der Waals surface area contributed by atoms with Gasteiger partial charge in [0.05, 0.1) is 5.02 Å². The van der Waals surface area contributed by atoms with Crippen molar-refractivity contribution in [1.29, 1.82) is 0 Å². The van der Waals surface area contributed by atoms with Gasteiger partial charge in [0.15, 0.2) is 0 Å². The van der Waals surface area contributed by atoms with Crippen LogP contribution in [0.3, 0.4) is 0 Å². The summed E-state index contributed by atoms with van der Waals surface area (Å²) in [5, 5.41) is 7.63. The number of hydrogen-bond donors (Lipinski definition) is 2. The van der Waals surface area contributed by atoms with Crippen molar-refractivity contribution in [2.75, 3.05) is 0 Å². The van der Waals surface area contributed by atoms with E-state index < -0.39 is 0 Å². The molecule has 3 aromatic rings. The minimum atomic E-state index is 0.387. The predicted octanol–water partition coefficient (Wildman–Crippen LogP) is 5.12. The summed E-state index contributed by atoms with van der Waals surface area (Å²) in [5.41, 5.74) is 2.15. The van der Waals surface area contributed by atoms with Crippen LogP contribution in [0, 0.1) is 0 Å². The van der Waals surface area contributed by atoms with E-state index in [2.05, 4.69) is 40.8 Å². The van der Waals surface area contributed by atoms with Gasteiger partial charge < -0.3 is 10.3 Å². The Balaban J connectivity index is 1.78. The number of aromatic nitrogens is 1. The van der Waals surface area contributed by atoms with Gasteiger partial charge in [0.2, 0.25) is 0 Å². The van der Waals surface area contributed by atoms with E-state index in [-0.39, 0.29) is 0 Å². The molecule has 2 nitrogen and oxygen atoms in total. The van der Waals surface area contributed by atoms with E-state index in [1.54, 1.807) is 11.3 Å². The fourth-order valence-corrected chi connectivity index (χ4v) is 3.61. The molecule has 2 N–H and O–H groups in total. The molecule has 1 atom stereocenters. The van der Waals surface area contributed by atoms with E-state index in [9.17, 15) is 0 Å².